The predicted octanol–water partition coefficient (Wildman–Crippen LogP) is 6.40. The van der Waals surface area contributed by atoms with Gasteiger partial charge >= 0.3 is 6.09 Å². The average molecular weight is 622 g/mol. The third-order valence-electron chi connectivity index (χ3n) is 9.73. The van der Waals surface area contributed by atoms with Gasteiger partial charge in [-0.15, -0.1) is 0 Å². The minimum absolute atomic E-state index is 0.0453. The molecule has 0 N–H and O–H groups in total. The topological polar surface area (TPSA) is 80.8 Å². The fourth-order valence-electron chi connectivity index (χ4n) is 7.53. The van der Waals surface area contributed by atoms with Gasteiger partial charge in [-0.25, -0.2) is 4.79 Å². The molecule has 1 aliphatic carbocycles. The van der Waals surface area contributed by atoms with E-state index in [1.807, 2.05) is 37.8 Å². The Kier molecular flexibility index (Phi) is 9.59. The van der Waals surface area contributed by atoms with E-state index in [0.29, 0.717) is 49.3 Å². The van der Waals surface area contributed by atoms with Crippen molar-refractivity contribution in [2.24, 2.45) is 5.41 Å². The zero-order chi connectivity index (χ0) is 32.5. The summed E-state index contributed by atoms with van der Waals surface area (Å²) in [5, 5.41) is 0. The lowest BCUT2D eigenvalue weighted by Gasteiger charge is -2.58. The lowest BCUT2D eigenvalue weighted by atomic mass is 9.59. The van der Waals surface area contributed by atoms with Crippen molar-refractivity contribution >= 4 is 12.0 Å². The molecule has 2 aliphatic heterocycles. The molecule has 3 aliphatic rings. The molecule has 0 aromatic heterocycles. The first-order valence-corrected chi connectivity index (χ1v) is 16.3. The van der Waals surface area contributed by atoms with E-state index in [0.717, 1.165) is 37.8 Å². The molecule has 2 aromatic carbocycles. The molecule has 246 valence electrons. The highest BCUT2D eigenvalue weighted by Crippen LogP contribution is 2.53. The quantitative estimate of drug-likeness (QED) is 0.337. The van der Waals surface area contributed by atoms with Crippen molar-refractivity contribution in [3.8, 4) is 17.2 Å². The van der Waals surface area contributed by atoms with Gasteiger partial charge < -0.3 is 28.7 Å². The number of amides is 2. The maximum Gasteiger partial charge on any atom is 0.410 e. The van der Waals surface area contributed by atoms with E-state index in [-0.39, 0.29) is 29.5 Å². The van der Waals surface area contributed by atoms with Crippen molar-refractivity contribution < 1.29 is 28.5 Å². The van der Waals surface area contributed by atoms with Crippen LogP contribution in [0.3, 0.4) is 0 Å². The second-order valence-electron chi connectivity index (χ2n) is 14.3. The average Bonchev–Trinajstić information content (AvgIpc) is 2.98. The number of carbonyl (C=O) groups excluding carboxylic acids is 2. The van der Waals surface area contributed by atoms with Gasteiger partial charge in [0, 0.05) is 32.2 Å². The first-order chi connectivity index (χ1) is 21.4. The first kappa shape index (κ1) is 32.9. The molecule has 9 heteroatoms. The van der Waals surface area contributed by atoms with Crippen molar-refractivity contribution in [2.45, 2.75) is 90.4 Å². The lowest BCUT2D eigenvalue weighted by molar-refractivity contribution is -0.153. The highest BCUT2D eigenvalue weighted by atomic mass is 16.6. The number of ether oxygens (including phenoxy) is 4. The third-order valence-corrected chi connectivity index (χ3v) is 9.73. The predicted molar refractivity (Wildman–Crippen MR) is 174 cm³/mol. The Hall–Kier alpha value is -3.46. The number of nitrogens with zero attached hydrogens (tertiary/aromatic N) is 3. The Morgan fingerprint density at radius 2 is 1.60 bits per heavy atom. The van der Waals surface area contributed by atoms with Gasteiger partial charge in [0.1, 0.15) is 5.60 Å². The van der Waals surface area contributed by atoms with E-state index >= 15 is 0 Å². The minimum atomic E-state index is -0.497. The summed E-state index contributed by atoms with van der Waals surface area (Å²) in [6.45, 7) is 13.2. The fraction of sp³-hybridized carbons (Fsp3) is 0.611. The molecule has 9 nitrogen and oxygen atoms in total. The molecule has 2 heterocycles. The van der Waals surface area contributed by atoms with E-state index in [9.17, 15) is 9.59 Å². The number of benzene rings is 2. The molecule has 1 atom stereocenters. The van der Waals surface area contributed by atoms with Gasteiger partial charge in [-0.05, 0) is 86.6 Å². The SMILES string of the molecule is COc1cc(CN2CC(=O)N(C3CC4(CCN(C(=O)OC(C)(C)C)CC4)C3)C(c3ccccc3C(C)C)C2)cc(OC)c1OC. The van der Waals surface area contributed by atoms with Crippen LogP contribution in [0.25, 0.3) is 0 Å². The molecule has 45 heavy (non-hydrogen) atoms. The summed E-state index contributed by atoms with van der Waals surface area (Å²) in [5.74, 6) is 2.29. The second kappa shape index (κ2) is 13.1. The van der Waals surface area contributed by atoms with Crippen LogP contribution in [0.4, 0.5) is 4.79 Å². The molecule has 2 saturated heterocycles. The van der Waals surface area contributed by atoms with E-state index < -0.39 is 5.60 Å². The van der Waals surface area contributed by atoms with Crippen LogP contribution in [-0.4, -0.2) is 85.9 Å². The molecular weight excluding hydrogens is 570 g/mol. The molecule has 5 rings (SSSR count). The van der Waals surface area contributed by atoms with Gasteiger partial charge in [-0.1, -0.05) is 38.1 Å². The van der Waals surface area contributed by atoms with E-state index in [1.54, 1.807) is 21.3 Å². The standard InChI is InChI=1S/C36H51N3O6/c1-24(2)27-11-9-10-12-28(27)29-22-37(21-25-17-30(42-6)33(44-8)31(18-25)43-7)23-32(40)39(29)26-19-36(20-26)13-15-38(16-14-36)34(41)45-35(3,4)5/h9-12,17-18,24,26,29H,13-16,19-23H2,1-8H3. The van der Waals surface area contributed by atoms with Crippen molar-refractivity contribution in [1.29, 1.82) is 0 Å². The third kappa shape index (κ3) is 7.03. The number of rotatable bonds is 8. The molecular formula is C36H51N3O6. The molecule has 0 bridgehead atoms. The Morgan fingerprint density at radius 1 is 0.978 bits per heavy atom. The van der Waals surface area contributed by atoms with Gasteiger partial charge in [0.15, 0.2) is 11.5 Å². The Balaban J connectivity index is 1.35. The first-order valence-electron chi connectivity index (χ1n) is 16.3. The molecule has 0 radical (unpaired) electrons. The summed E-state index contributed by atoms with van der Waals surface area (Å²) < 4.78 is 22.3. The second-order valence-corrected chi connectivity index (χ2v) is 14.3. The molecule has 1 unspecified atom stereocenters. The normalized spacial score (nSPS) is 20.7. The Bertz CT molecular complexity index is 1340. The van der Waals surface area contributed by atoms with Crippen LogP contribution in [0.5, 0.6) is 17.2 Å². The molecule has 2 aromatic rings. The Morgan fingerprint density at radius 3 is 2.16 bits per heavy atom. The highest BCUT2D eigenvalue weighted by molar-refractivity contribution is 5.80. The minimum Gasteiger partial charge on any atom is -0.493 e. The van der Waals surface area contributed by atoms with Gasteiger partial charge in [0.05, 0.1) is 33.9 Å². The lowest BCUT2D eigenvalue weighted by Crippen LogP contribution is -2.62. The monoisotopic (exact) mass is 621 g/mol. The van der Waals surface area contributed by atoms with E-state index in [1.165, 1.54) is 11.1 Å². The summed E-state index contributed by atoms with van der Waals surface area (Å²) in [6.07, 6.45) is 3.63. The largest absolute Gasteiger partial charge is 0.493 e. The van der Waals surface area contributed by atoms with E-state index in [4.69, 9.17) is 18.9 Å². The smallest absolute Gasteiger partial charge is 0.410 e. The van der Waals surface area contributed by atoms with Gasteiger partial charge in [-0.2, -0.15) is 0 Å². The van der Waals surface area contributed by atoms with Crippen molar-refractivity contribution in [3.63, 3.8) is 0 Å². The van der Waals surface area contributed by atoms with Crippen LogP contribution in [0.2, 0.25) is 0 Å². The van der Waals surface area contributed by atoms with Crippen molar-refractivity contribution in [1.82, 2.24) is 14.7 Å². The fourth-order valence-corrected chi connectivity index (χ4v) is 7.53. The van der Waals surface area contributed by atoms with Gasteiger partial charge in [0.25, 0.3) is 0 Å². The maximum absolute atomic E-state index is 14.1. The van der Waals surface area contributed by atoms with E-state index in [2.05, 4.69) is 47.9 Å². The number of methoxy groups -OCH3 is 3. The highest BCUT2D eigenvalue weighted by Gasteiger charge is 2.52. The van der Waals surface area contributed by atoms with Crippen LogP contribution in [0.1, 0.15) is 89.0 Å². The molecule has 1 saturated carbocycles. The zero-order valence-electron chi connectivity index (χ0n) is 28.4. The number of likely N-dealkylation sites (tertiary alicyclic amines) is 1. The van der Waals surface area contributed by atoms with Crippen molar-refractivity contribution in [2.75, 3.05) is 47.5 Å². The summed E-state index contributed by atoms with van der Waals surface area (Å²) >= 11 is 0. The van der Waals surface area contributed by atoms with Gasteiger partial charge in [0.2, 0.25) is 11.7 Å². The number of piperidine rings is 1. The number of carbonyl (C=O) groups is 2. The maximum atomic E-state index is 14.1. The van der Waals surface area contributed by atoms with Crippen molar-refractivity contribution in [3.05, 3.63) is 53.1 Å². The molecule has 1 spiro atoms. The summed E-state index contributed by atoms with van der Waals surface area (Å²) in [4.78, 5) is 33.1. The summed E-state index contributed by atoms with van der Waals surface area (Å²) in [5.41, 5.74) is 3.20. The Labute approximate surface area is 268 Å². The molecule has 3 fully saturated rings. The number of hydrogen-bond acceptors (Lipinski definition) is 7. The van der Waals surface area contributed by atoms with Crippen LogP contribution < -0.4 is 14.2 Å². The van der Waals surface area contributed by atoms with Crippen LogP contribution in [0.15, 0.2) is 36.4 Å². The molecule has 2 amide bonds. The van der Waals surface area contributed by atoms with Crippen LogP contribution in [0, 0.1) is 5.41 Å². The summed E-state index contributed by atoms with van der Waals surface area (Å²) in [6, 6.07) is 12.7. The number of hydrogen-bond donors (Lipinski definition) is 0. The van der Waals surface area contributed by atoms with Crippen LogP contribution in [-0.2, 0) is 16.1 Å². The number of piperazine rings is 1. The van der Waals surface area contributed by atoms with Crippen LogP contribution >= 0.6 is 0 Å². The zero-order valence-corrected chi connectivity index (χ0v) is 28.4. The van der Waals surface area contributed by atoms with Gasteiger partial charge in [-0.3, -0.25) is 9.69 Å². The summed E-state index contributed by atoms with van der Waals surface area (Å²) in [7, 11) is 4.84.